The number of hydrogen-bond acceptors (Lipinski definition) is 3. The molecular formula is C12H14ClF2NO3. The number of benzene rings is 1. The zero-order valence-corrected chi connectivity index (χ0v) is 11.4. The summed E-state index contributed by atoms with van der Waals surface area (Å²) in [5.41, 5.74) is 0.358. The summed E-state index contributed by atoms with van der Waals surface area (Å²) in [5.74, 6) is -0.368. The largest absolute Gasteiger partial charge is 0.493 e. The molecule has 0 spiro atoms. The van der Waals surface area contributed by atoms with Crippen LogP contribution < -0.4 is 9.47 Å². The van der Waals surface area contributed by atoms with Crippen LogP contribution in [-0.2, 0) is 4.79 Å². The molecule has 1 rings (SSSR count). The van der Waals surface area contributed by atoms with Gasteiger partial charge in [0.05, 0.1) is 7.11 Å². The van der Waals surface area contributed by atoms with Gasteiger partial charge >= 0.3 is 6.61 Å². The highest BCUT2D eigenvalue weighted by Gasteiger charge is 2.21. The monoisotopic (exact) mass is 293 g/mol. The summed E-state index contributed by atoms with van der Waals surface area (Å²) in [4.78, 5) is 13.0. The van der Waals surface area contributed by atoms with E-state index in [1.165, 1.54) is 30.2 Å². The molecule has 0 heterocycles. The lowest BCUT2D eigenvalue weighted by Crippen LogP contribution is -2.25. The van der Waals surface area contributed by atoms with E-state index in [1.54, 1.807) is 14.1 Å². The van der Waals surface area contributed by atoms with Gasteiger partial charge in [0.25, 0.3) is 0 Å². The second-order valence-corrected chi connectivity index (χ2v) is 4.32. The van der Waals surface area contributed by atoms with Crippen molar-refractivity contribution in [3.05, 3.63) is 23.8 Å². The van der Waals surface area contributed by atoms with Gasteiger partial charge in [-0.3, -0.25) is 4.79 Å². The third-order valence-electron chi connectivity index (χ3n) is 2.35. The average Bonchev–Trinajstić information content (AvgIpc) is 2.36. The van der Waals surface area contributed by atoms with Crippen LogP contribution in [0.3, 0.4) is 0 Å². The van der Waals surface area contributed by atoms with Crippen molar-refractivity contribution in [2.75, 3.05) is 21.2 Å². The Hall–Kier alpha value is -1.56. The number of halogens is 3. The second-order valence-electron chi connectivity index (χ2n) is 3.88. The van der Waals surface area contributed by atoms with Crippen molar-refractivity contribution >= 4 is 17.5 Å². The molecule has 0 aliphatic carbocycles. The summed E-state index contributed by atoms with van der Waals surface area (Å²) >= 11 is 5.98. The third kappa shape index (κ3) is 3.96. The summed E-state index contributed by atoms with van der Waals surface area (Å²) in [7, 11) is 4.44. The van der Waals surface area contributed by atoms with Crippen LogP contribution in [0.4, 0.5) is 8.78 Å². The van der Waals surface area contributed by atoms with Gasteiger partial charge in [-0.25, -0.2) is 0 Å². The molecule has 4 nitrogen and oxygen atoms in total. The molecule has 0 radical (unpaired) electrons. The highest BCUT2D eigenvalue weighted by Crippen LogP contribution is 2.33. The maximum Gasteiger partial charge on any atom is 0.387 e. The Morgan fingerprint density at radius 2 is 1.95 bits per heavy atom. The van der Waals surface area contributed by atoms with E-state index in [-0.39, 0.29) is 17.4 Å². The standard InChI is InChI=1S/C12H14ClF2NO3/c1-16(2)11(17)10(13)7-4-5-8(18-3)9(6-7)19-12(14)15/h4-6,10,12H,1-3H3. The highest BCUT2D eigenvalue weighted by molar-refractivity contribution is 6.30. The van der Waals surface area contributed by atoms with Crippen molar-refractivity contribution in [1.82, 2.24) is 4.90 Å². The first kappa shape index (κ1) is 15.5. The normalized spacial score (nSPS) is 12.2. The van der Waals surface area contributed by atoms with Crippen LogP contribution >= 0.6 is 11.6 Å². The first-order valence-electron chi connectivity index (χ1n) is 5.34. The minimum atomic E-state index is -2.98. The SMILES string of the molecule is COc1ccc(C(Cl)C(=O)N(C)C)cc1OC(F)F. The average molecular weight is 294 g/mol. The van der Waals surface area contributed by atoms with Crippen molar-refractivity contribution in [2.45, 2.75) is 12.0 Å². The molecule has 0 aliphatic rings. The topological polar surface area (TPSA) is 38.8 Å². The summed E-state index contributed by atoms with van der Waals surface area (Å²) < 4.78 is 33.8. The molecule has 0 aromatic heterocycles. The second kappa shape index (κ2) is 6.56. The molecule has 106 valence electrons. The van der Waals surface area contributed by atoms with Gasteiger partial charge in [-0.2, -0.15) is 8.78 Å². The molecule has 0 saturated carbocycles. The number of hydrogen-bond donors (Lipinski definition) is 0. The van der Waals surface area contributed by atoms with E-state index < -0.39 is 12.0 Å². The van der Waals surface area contributed by atoms with Crippen molar-refractivity contribution in [1.29, 1.82) is 0 Å². The lowest BCUT2D eigenvalue weighted by molar-refractivity contribution is -0.128. The van der Waals surface area contributed by atoms with Crippen molar-refractivity contribution < 1.29 is 23.0 Å². The zero-order valence-electron chi connectivity index (χ0n) is 10.7. The Bertz CT molecular complexity index is 455. The minimum Gasteiger partial charge on any atom is -0.493 e. The van der Waals surface area contributed by atoms with Gasteiger partial charge in [-0.05, 0) is 17.7 Å². The number of nitrogens with zero attached hydrogens (tertiary/aromatic N) is 1. The van der Waals surface area contributed by atoms with Crippen LogP contribution in [0.15, 0.2) is 18.2 Å². The van der Waals surface area contributed by atoms with Crippen molar-refractivity contribution in [3.8, 4) is 11.5 Å². The smallest absolute Gasteiger partial charge is 0.387 e. The number of amides is 1. The first-order valence-corrected chi connectivity index (χ1v) is 5.78. The number of ether oxygens (including phenoxy) is 2. The van der Waals surface area contributed by atoms with Crippen LogP contribution in [-0.4, -0.2) is 38.6 Å². The fourth-order valence-electron chi connectivity index (χ4n) is 1.41. The predicted octanol–water partition coefficient (Wildman–Crippen LogP) is 2.66. The molecular weight excluding hydrogens is 280 g/mol. The molecule has 1 aromatic rings. The Kier molecular flexibility index (Phi) is 5.35. The molecule has 0 fully saturated rings. The van der Waals surface area contributed by atoms with Crippen molar-refractivity contribution in [3.63, 3.8) is 0 Å². The molecule has 19 heavy (non-hydrogen) atoms. The van der Waals surface area contributed by atoms with E-state index in [0.717, 1.165) is 0 Å². The quantitative estimate of drug-likeness (QED) is 0.784. The number of rotatable bonds is 5. The van der Waals surface area contributed by atoms with Crippen LogP contribution in [0.2, 0.25) is 0 Å². The molecule has 0 bridgehead atoms. The van der Waals surface area contributed by atoms with E-state index in [1.807, 2.05) is 0 Å². The van der Waals surface area contributed by atoms with Gasteiger partial charge in [0.1, 0.15) is 5.38 Å². The first-order chi connectivity index (χ1) is 8.86. The molecule has 1 amide bonds. The molecule has 1 unspecified atom stereocenters. The Morgan fingerprint density at radius 1 is 1.32 bits per heavy atom. The van der Waals surface area contributed by atoms with Gasteiger partial charge in [-0.1, -0.05) is 6.07 Å². The number of likely N-dealkylation sites (N-methyl/N-ethyl adjacent to an activating group) is 1. The maximum absolute atomic E-state index is 12.3. The van der Waals surface area contributed by atoms with Crippen LogP contribution in [0, 0.1) is 0 Å². The van der Waals surface area contributed by atoms with Gasteiger partial charge in [0.15, 0.2) is 11.5 Å². The summed E-state index contributed by atoms with van der Waals surface area (Å²) in [6.07, 6.45) is 0. The molecule has 1 atom stereocenters. The third-order valence-corrected chi connectivity index (χ3v) is 2.79. The molecule has 0 saturated heterocycles. The fourth-order valence-corrected chi connectivity index (χ4v) is 1.74. The maximum atomic E-state index is 12.3. The fraction of sp³-hybridized carbons (Fsp3) is 0.417. The van der Waals surface area contributed by atoms with Gasteiger partial charge in [0, 0.05) is 14.1 Å². The van der Waals surface area contributed by atoms with Gasteiger partial charge < -0.3 is 14.4 Å². The predicted molar refractivity (Wildman–Crippen MR) is 66.9 cm³/mol. The van der Waals surface area contributed by atoms with Crippen molar-refractivity contribution in [2.24, 2.45) is 0 Å². The van der Waals surface area contributed by atoms with E-state index in [2.05, 4.69) is 4.74 Å². The Labute approximate surface area is 114 Å². The minimum absolute atomic E-state index is 0.144. The Morgan fingerprint density at radius 3 is 2.42 bits per heavy atom. The number of alkyl halides is 3. The molecule has 0 aliphatic heterocycles. The number of carbonyl (C=O) groups is 1. The zero-order chi connectivity index (χ0) is 14.6. The van der Waals surface area contributed by atoms with E-state index in [0.29, 0.717) is 5.56 Å². The summed E-state index contributed by atoms with van der Waals surface area (Å²) in [5, 5.41) is -0.971. The number of methoxy groups -OCH3 is 1. The van der Waals surface area contributed by atoms with E-state index >= 15 is 0 Å². The van der Waals surface area contributed by atoms with Crippen LogP contribution in [0.25, 0.3) is 0 Å². The van der Waals surface area contributed by atoms with Gasteiger partial charge in [-0.15, -0.1) is 11.6 Å². The van der Waals surface area contributed by atoms with E-state index in [9.17, 15) is 13.6 Å². The van der Waals surface area contributed by atoms with Crippen LogP contribution in [0.5, 0.6) is 11.5 Å². The lowest BCUT2D eigenvalue weighted by Gasteiger charge is -2.17. The summed E-state index contributed by atoms with van der Waals surface area (Å²) in [6.45, 7) is -2.98. The highest BCUT2D eigenvalue weighted by atomic mass is 35.5. The Balaban J connectivity index is 3.06. The number of carbonyl (C=O) groups excluding carboxylic acids is 1. The lowest BCUT2D eigenvalue weighted by atomic mass is 10.1. The molecule has 1 aromatic carbocycles. The van der Waals surface area contributed by atoms with Crippen LogP contribution in [0.1, 0.15) is 10.9 Å². The van der Waals surface area contributed by atoms with Gasteiger partial charge in [0.2, 0.25) is 5.91 Å². The molecule has 7 heteroatoms. The summed E-state index contributed by atoms with van der Waals surface area (Å²) in [6, 6.07) is 4.21. The molecule has 0 N–H and O–H groups in total. The van der Waals surface area contributed by atoms with E-state index in [4.69, 9.17) is 16.3 Å².